The van der Waals surface area contributed by atoms with Crippen LogP contribution in [0.15, 0.2) is 42.5 Å². The van der Waals surface area contributed by atoms with Crippen molar-refractivity contribution >= 4 is 17.5 Å². The SMILES string of the molecule is CCC(NC(=O)c1cc(OC)cc(OC)c1)c1cccc(Cl)c1. The Labute approximate surface area is 141 Å². The molecule has 0 bridgehead atoms. The van der Waals surface area contributed by atoms with Crippen LogP contribution in [0.3, 0.4) is 0 Å². The highest BCUT2D eigenvalue weighted by Gasteiger charge is 2.16. The largest absolute Gasteiger partial charge is 0.497 e. The van der Waals surface area contributed by atoms with Gasteiger partial charge in [-0.05, 0) is 36.2 Å². The van der Waals surface area contributed by atoms with Crippen LogP contribution < -0.4 is 14.8 Å². The first-order valence-corrected chi connectivity index (χ1v) is 7.74. The summed E-state index contributed by atoms with van der Waals surface area (Å²) in [7, 11) is 3.11. The van der Waals surface area contributed by atoms with Crippen LogP contribution >= 0.6 is 11.6 Å². The molecule has 0 saturated heterocycles. The van der Waals surface area contributed by atoms with E-state index in [0.717, 1.165) is 12.0 Å². The fraction of sp³-hybridized carbons (Fsp3) is 0.278. The molecule has 1 unspecified atom stereocenters. The van der Waals surface area contributed by atoms with E-state index in [1.807, 2.05) is 31.2 Å². The summed E-state index contributed by atoms with van der Waals surface area (Å²) in [5, 5.41) is 3.67. The molecule has 1 N–H and O–H groups in total. The van der Waals surface area contributed by atoms with Crippen LogP contribution in [0.25, 0.3) is 0 Å². The highest BCUT2D eigenvalue weighted by molar-refractivity contribution is 6.30. The molecule has 0 aliphatic rings. The Morgan fingerprint density at radius 3 is 2.30 bits per heavy atom. The smallest absolute Gasteiger partial charge is 0.252 e. The number of ether oxygens (including phenoxy) is 2. The molecule has 2 aromatic rings. The van der Waals surface area contributed by atoms with Gasteiger partial charge >= 0.3 is 0 Å². The van der Waals surface area contributed by atoms with Crippen molar-refractivity contribution in [2.45, 2.75) is 19.4 Å². The van der Waals surface area contributed by atoms with Gasteiger partial charge in [-0.15, -0.1) is 0 Å². The highest BCUT2D eigenvalue weighted by Crippen LogP contribution is 2.24. The van der Waals surface area contributed by atoms with Gasteiger partial charge in [0.25, 0.3) is 5.91 Å². The van der Waals surface area contributed by atoms with Crippen LogP contribution in [0, 0.1) is 0 Å². The molecule has 4 nitrogen and oxygen atoms in total. The van der Waals surface area contributed by atoms with Crippen LogP contribution in [0.2, 0.25) is 5.02 Å². The number of amides is 1. The maximum atomic E-state index is 12.6. The molecule has 0 spiro atoms. The molecular weight excluding hydrogens is 314 g/mol. The fourth-order valence-corrected chi connectivity index (χ4v) is 2.52. The minimum atomic E-state index is -0.186. The van der Waals surface area contributed by atoms with Crippen LogP contribution in [-0.4, -0.2) is 20.1 Å². The molecular formula is C18H20ClNO3. The average molecular weight is 334 g/mol. The van der Waals surface area contributed by atoms with Gasteiger partial charge in [-0.25, -0.2) is 0 Å². The minimum absolute atomic E-state index is 0.113. The number of carbonyl (C=O) groups excluding carboxylic acids is 1. The normalized spacial score (nSPS) is 11.7. The van der Waals surface area contributed by atoms with Crippen LogP contribution in [-0.2, 0) is 0 Å². The maximum absolute atomic E-state index is 12.6. The van der Waals surface area contributed by atoms with Gasteiger partial charge in [0.1, 0.15) is 11.5 Å². The standard InChI is InChI=1S/C18H20ClNO3/c1-4-17(12-6-5-7-14(19)8-12)20-18(21)13-9-15(22-2)11-16(10-13)23-3/h5-11,17H,4H2,1-3H3,(H,20,21). The number of halogens is 1. The van der Waals surface area contributed by atoms with E-state index in [2.05, 4.69) is 5.32 Å². The monoisotopic (exact) mass is 333 g/mol. The van der Waals surface area contributed by atoms with Crippen LogP contribution in [0.4, 0.5) is 0 Å². The number of hydrogen-bond acceptors (Lipinski definition) is 3. The Balaban J connectivity index is 2.23. The van der Waals surface area contributed by atoms with E-state index < -0.39 is 0 Å². The second kappa shape index (κ2) is 7.88. The summed E-state index contributed by atoms with van der Waals surface area (Å²) in [6.07, 6.45) is 0.757. The maximum Gasteiger partial charge on any atom is 0.252 e. The molecule has 23 heavy (non-hydrogen) atoms. The van der Waals surface area contributed by atoms with Gasteiger partial charge < -0.3 is 14.8 Å². The molecule has 2 rings (SSSR count). The van der Waals surface area contributed by atoms with Crippen molar-refractivity contribution in [3.05, 3.63) is 58.6 Å². The van der Waals surface area contributed by atoms with E-state index in [-0.39, 0.29) is 11.9 Å². The fourth-order valence-electron chi connectivity index (χ4n) is 2.32. The third-order valence-electron chi connectivity index (χ3n) is 3.58. The second-order valence-corrected chi connectivity index (χ2v) is 5.53. The lowest BCUT2D eigenvalue weighted by Crippen LogP contribution is -2.28. The van der Waals surface area contributed by atoms with Crippen molar-refractivity contribution in [1.82, 2.24) is 5.32 Å². The first-order valence-electron chi connectivity index (χ1n) is 7.36. The summed E-state index contributed by atoms with van der Waals surface area (Å²) in [6.45, 7) is 2.01. The van der Waals surface area contributed by atoms with Gasteiger partial charge in [0, 0.05) is 16.7 Å². The molecule has 122 valence electrons. The Hall–Kier alpha value is -2.20. The van der Waals surface area contributed by atoms with Crippen molar-refractivity contribution < 1.29 is 14.3 Å². The Bertz CT molecular complexity index is 665. The van der Waals surface area contributed by atoms with Gasteiger partial charge in [-0.2, -0.15) is 0 Å². The summed E-state index contributed by atoms with van der Waals surface area (Å²) in [6, 6.07) is 12.5. The van der Waals surface area contributed by atoms with E-state index in [1.54, 1.807) is 32.4 Å². The molecule has 0 fully saturated rings. The summed E-state index contributed by atoms with van der Waals surface area (Å²) >= 11 is 6.03. The van der Waals surface area contributed by atoms with Crippen molar-refractivity contribution in [2.24, 2.45) is 0 Å². The topological polar surface area (TPSA) is 47.6 Å². The van der Waals surface area contributed by atoms with Gasteiger partial charge in [0.05, 0.1) is 20.3 Å². The molecule has 0 aliphatic carbocycles. The van der Waals surface area contributed by atoms with Crippen molar-refractivity contribution in [1.29, 1.82) is 0 Å². The van der Waals surface area contributed by atoms with Gasteiger partial charge in [-0.1, -0.05) is 30.7 Å². The van der Waals surface area contributed by atoms with E-state index in [9.17, 15) is 4.79 Å². The van der Waals surface area contributed by atoms with Crippen molar-refractivity contribution in [2.75, 3.05) is 14.2 Å². The number of nitrogens with one attached hydrogen (secondary N) is 1. The quantitative estimate of drug-likeness (QED) is 0.860. The average Bonchev–Trinajstić information content (AvgIpc) is 2.58. The lowest BCUT2D eigenvalue weighted by Gasteiger charge is -2.18. The third kappa shape index (κ3) is 4.39. The third-order valence-corrected chi connectivity index (χ3v) is 3.81. The predicted molar refractivity (Wildman–Crippen MR) is 91.5 cm³/mol. The predicted octanol–water partition coefficient (Wildman–Crippen LogP) is 4.24. The number of carbonyl (C=O) groups is 1. The summed E-state index contributed by atoms with van der Waals surface area (Å²) in [5.74, 6) is 0.963. The summed E-state index contributed by atoms with van der Waals surface area (Å²) < 4.78 is 10.4. The first kappa shape index (κ1) is 17.2. The van der Waals surface area contributed by atoms with E-state index >= 15 is 0 Å². The first-order chi connectivity index (χ1) is 11.1. The summed E-state index contributed by atoms with van der Waals surface area (Å²) in [5.41, 5.74) is 1.46. The lowest BCUT2D eigenvalue weighted by molar-refractivity contribution is 0.0935. The van der Waals surface area contributed by atoms with Crippen molar-refractivity contribution in [3.63, 3.8) is 0 Å². The second-order valence-electron chi connectivity index (χ2n) is 5.09. The lowest BCUT2D eigenvalue weighted by atomic mass is 10.0. The van der Waals surface area contributed by atoms with Crippen molar-refractivity contribution in [3.8, 4) is 11.5 Å². The molecule has 5 heteroatoms. The molecule has 0 radical (unpaired) electrons. The molecule has 1 amide bonds. The van der Waals surface area contributed by atoms with Gasteiger partial charge in [-0.3, -0.25) is 4.79 Å². The zero-order valence-electron chi connectivity index (χ0n) is 13.4. The number of methoxy groups -OCH3 is 2. The highest BCUT2D eigenvalue weighted by atomic mass is 35.5. The Morgan fingerprint density at radius 2 is 1.78 bits per heavy atom. The molecule has 1 atom stereocenters. The van der Waals surface area contributed by atoms with Gasteiger partial charge in [0.15, 0.2) is 0 Å². The molecule has 0 heterocycles. The van der Waals surface area contributed by atoms with E-state index in [4.69, 9.17) is 21.1 Å². The molecule has 0 aliphatic heterocycles. The zero-order chi connectivity index (χ0) is 16.8. The summed E-state index contributed by atoms with van der Waals surface area (Å²) in [4.78, 5) is 12.6. The number of rotatable bonds is 6. The van der Waals surface area contributed by atoms with E-state index in [1.165, 1.54) is 0 Å². The number of benzene rings is 2. The van der Waals surface area contributed by atoms with Crippen LogP contribution in [0.5, 0.6) is 11.5 Å². The van der Waals surface area contributed by atoms with Crippen LogP contribution in [0.1, 0.15) is 35.3 Å². The Morgan fingerprint density at radius 1 is 1.13 bits per heavy atom. The van der Waals surface area contributed by atoms with E-state index in [0.29, 0.717) is 22.1 Å². The zero-order valence-corrected chi connectivity index (χ0v) is 14.2. The molecule has 2 aromatic carbocycles. The minimum Gasteiger partial charge on any atom is -0.497 e. The molecule has 0 saturated carbocycles. The molecule has 0 aromatic heterocycles. The Kier molecular flexibility index (Phi) is 5.88. The number of hydrogen-bond donors (Lipinski definition) is 1. The van der Waals surface area contributed by atoms with Gasteiger partial charge in [0.2, 0.25) is 0 Å².